The topological polar surface area (TPSA) is 119 Å². The first-order valence-corrected chi connectivity index (χ1v) is 6.05. The highest BCUT2D eigenvalue weighted by Crippen LogP contribution is 2.19. The van der Waals surface area contributed by atoms with Gasteiger partial charge in [-0.15, -0.1) is 5.10 Å². The lowest BCUT2D eigenvalue weighted by atomic mass is 10.4. The first kappa shape index (κ1) is 10.9. The van der Waals surface area contributed by atoms with Gasteiger partial charge in [-0.1, -0.05) is 0 Å². The Morgan fingerprint density at radius 2 is 2.19 bits per heavy atom. The van der Waals surface area contributed by atoms with Crippen molar-refractivity contribution in [2.75, 3.05) is 11.4 Å². The summed E-state index contributed by atoms with van der Waals surface area (Å²) in [5, 5.41) is 11.3. The van der Waals surface area contributed by atoms with Crippen LogP contribution in [0, 0.1) is 0 Å². The number of primary sulfonamides is 1. The average molecular weight is 243 g/mol. The fraction of sp³-hybridized carbons (Fsp3) is 0.429. The van der Waals surface area contributed by atoms with E-state index in [1.54, 1.807) is 0 Å². The molecule has 2 rings (SSSR count). The SMILES string of the molecule is NS(=O)(=O)C1CC(=O)N(c2nccnn2)C1. The van der Waals surface area contributed by atoms with E-state index in [0.29, 0.717) is 0 Å². The molecular formula is C7H9N5O3S. The first-order chi connectivity index (χ1) is 7.48. The molecule has 1 aliphatic heterocycles. The van der Waals surface area contributed by atoms with Gasteiger partial charge in [0.1, 0.15) is 5.25 Å². The lowest BCUT2D eigenvalue weighted by molar-refractivity contribution is -0.117. The molecule has 1 unspecified atom stereocenters. The van der Waals surface area contributed by atoms with Crippen molar-refractivity contribution in [3.8, 4) is 0 Å². The third-order valence-electron chi connectivity index (χ3n) is 2.27. The lowest BCUT2D eigenvalue weighted by Crippen LogP contribution is -2.32. The Bertz CT molecular complexity index is 502. The van der Waals surface area contributed by atoms with Crippen LogP contribution in [-0.2, 0) is 14.8 Å². The molecule has 1 atom stereocenters. The summed E-state index contributed by atoms with van der Waals surface area (Å²) >= 11 is 0. The van der Waals surface area contributed by atoms with Crippen molar-refractivity contribution in [3.05, 3.63) is 12.4 Å². The molecule has 0 saturated carbocycles. The van der Waals surface area contributed by atoms with Crippen LogP contribution in [0.25, 0.3) is 0 Å². The minimum atomic E-state index is -3.71. The molecule has 1 saturated heterocycles. The van der Waals surface area contributed by atoms with Crippen molar-refractivity contribution < 1.29 is 13.2 Å². The van der Waals surface area contributed by atoms with E-state index in [9.17, 15) is 13.2 Å². The molecule has 86 valence electrons. The minimum Gasteiger partial charge on any atom is -0.278 e. The zero-order chi connectivity index (χ0) is 11.8. The molecule has 1 aliphatic rings. The highest BCUT2D eigenvalue weighted by molar-refractivity contribution is 7.89. The summed E-state index contributed by atoms with van der Waals surface area (Å²) in [4.78, 5) is 16.5. The molecule has 0 radical (unpaired) electrons. The minimum absolute atomic E-state index is 0.0244. The van der Waals surface area contributed by atoms with Gasteiger partial charge in [-0.3, -0.25) is 9.69 Å². The number of amides is 1. The summed E-state index contributed by atoms with van der Waals surface area (Å²) in [6, 6.07) is 0. The van der Waals surface area contributed by atoms with Crippen LogP contribution in [0.2, 0.25) is 0 Å². The molecule has 1 fully saturated rings. The van der Waals surface area contributed by atoms with Crippen LogP contribution in [0.1, 0.15) is 6.42 Å². The fourth-order valence-electron chi connectivity index (χ4n) is 1.45. The first-order valence-electron chi connectivity index (χ1n) is 4.44. The van der Waals surface area contributed by atoms with Crippen molar-refractivity contribution in [2.45, 2.75) is 11.7 Å². The van der Waals surface area contributed by atoms with Crippen LogP contribution in [-0.4, -0.2) is 41.3 Å². The Morgan fingerprint density at radius 3 is 2.69 bits per heavy atom. The zero-order valence-corrected chi connectivity index (χ0v) is 8.96. The maximum atomic E-state index is 11.5. The highest BCUT2D eigenvalue weighted by atomic mass is 32.2. The normalized spacial score (nSPS) is 21.4. The molecule has 16 heavy (non-hydrogen) atoms. The second-order valence-corrected chi connectivity index (χ2v) is 5.21. The Labute approximate surface area is 91.5 Å². The molecule has 9 heteroatoms. The van der Waals surface area contributed by atoms with Gasteiger partial charge < -0.3 is 0 Å². The second kappa shape index (κ2) is 3.76. The number of nitrogens with zero attached hydrogens (tertiary/aromatic N) is 4. The number of rotatable bonds is 2. The fourth-order valence-corrected chi connectivity index (χ4v) is 2.18. The van der Waals surface area contributed by atoms with Gasteiger partial charge in [0.2, 0.25) is 15.9 Å². The highest BCUT2D eigenvalue weighted by Gasteiger charge is 2.38. The van der Waals surface area contributed by atoms with Crippen molar-refractivity contribution >= 4 is 21.9 Å². The third-order valence-corrected chi connectivity index (χ3v) is 3.51. The molecular weight excluding hydrogens is 234 g/mol. The van der Waals surface area contributed by atoms with E-state index in [1.165, 1.54) is 17.3 Å². The summed E-state index contributed by atoms with van der Waals surface area (Å²) in [7, 11) is -3.71. The number of sulfonamides is 1. The Morgan fingerprint density at radius 1 is 1.44 bits per heavy atom. The monoisotopic (exact) mass is 243 g/mol. The van der Waals surface area contributed by atoms with Gasteiger partial charge in [-0.2, -0.15) is 5.10 Å². The Hall–Kier alpha value is -1.61. The third kappa shape index (κ3) is 1.99. The number of anilines is 1. The molecule has 0 aromatic carbocycles. The molecule has 1 aromatic rings. The van der Waals surface area contributed by atoms with E-state index >= 15 is 0 Å². The molecule has 0 bridgehead atoms. The van der Waals surface area contributed by atoms with Gasteiger partial charge in [0.05, 0.1) is 12.4 Å². The maximum Gasteiger partial charge on any atom is 0.252 e. The van der Waals surface area contributed by atoms with Gasteiger partial charge in [0.25, 0.3) is 5.95 Å². The molecule has 8 nitrogen and oxygen atoms in total. The molecule has 2 N–H and O–H groups in total. The maximum absolute atomic E-state index is 11.5. The lowest BCUT2D eigenvalue weighted by Gasteiger charge is -2.12. The number of hydrogen-bond donors (Lipinski definition) is 1. The van der Waals surface area contributed by atoms with Crippen LogP contribution in [0.15, 0.2) is 12.4 Å². The van der Waals surface area contributed by atoms with Crippen molar-refractivity contribution in [2.24, 2.45) is 5.14 Å². The van der Waals surface area contributed by atoms with Gasteiger partial charge in [-0.25, -0.2) is 18.5 Å². The summed E-state index contributed by atoms with van der Waals surface area (Å²) in [5.74, 6) is -0.273. The number of hydrogen-bond acceptors (Lipinski definition) is 6. The van der Waals surface area contributed by atoms with E-state index in [4.69, 9.17) is 5.14 Å². The predicted molar refractivity (Wildman–Crippen MR) is 53.7 cm³/mol. The number of nitrogens with two attached hydrogens (primary N) is 1. The van der Waals surface area contributed by atoms with Crippen LogP contribution in [0.4, 0.5) is 5.95 Å². The predicted octanol–water partition coefficient (Wildman–Crippen LogP) is -1.73. The van der Waals surface area contributed by atoms with E-state index in [1.807, 2.05) is 0 Å². The average Bonchev–Trinajstić information content (AvgIpc) is 2.61. The van der Waals surface area contributed by atoms with Crippen molar-refractivity contribution in [3.63, 3.8) is 0 Å². The van der Waals surface area contributed by atoms with E-state index in [0.717, 1.165) is 0 Å². The summed E-state index contributed by atoms with van der Waals surface area (Å²) in [5.41, 5.74) is 0. The molecule has 2 heterocycles. The second-order valence-electron chi connectivity index (χ2n) is 3.36. The standard InChI is InChI=1S/C7H9N5O3S/c8-16(14,15)5-3-6(13)12(4-5)7-9-1-2-10-11-7/h1-2,5H,3-4H2,(H2,8,14,15). The van der Waals surface area contributed by atoms with Gasteiger partial charge in [0.15, 0.2) is 0 Å². The quantitative estimate of drug-likeness (QED) is 0.658. The van der Waals surface area contributed by atoms with Crippen molar-refractivity contribution in [1.29, 1.82) is 0 Å². The van der Waals surface area contributed by atoms with Crippen LogP contribution >= 0.6 is 0 Å². The van der Waals surface area contributed by atoms with E-state index in [-0.39, 0.29) is 24.8 Å². The summed E-state index contributed by atoms with van der Waals surface area (Å²) < 4.78 is 22.2. The summed E-state index contributed by atoms with van der Waals surface area (Å²) in [6.07, 6.45) is 2.60. The van der Waals surface area contributed by atoms with Crippen LogP contribution in [0.3, 0.4) is 0 Å². The van der Waals surface area contributed by atoms with E-state index in [2.05, 4.69) is 15.2 Å². The number of carbonyl (C=O) groups excluding carboxylic acids is 1. The van der Waals surface area contributed by atoms with Gasteiger partial charge in [-0.05, 0) is 0 Å². The van der Waals surface area contributed by atoms with Gasteiger partial charge in [0, 0.05) is 13.0 Å². The molecule has 0 spiro atoms. The van der Waals surface area contributed by atoms with Crippen LogP contribution < -0.4 is 10.0 Å². The van der Waals surface area contributed by atoms with Gasteiger partial charge >= 0.3 is 0 Å². The molecule has 1 amide bonds. The van der Waals surface area contributed by atoms with Crippen molar-refractivity contribution in [1.82, 2.24) is 15.2 Å². The van der Waals surface area contributed by atoms with E-state index < -0.39 is 15.3 Å². The molecule has 1 aromatic heterocycles. The number of carbonyl (C=O) groups is 1. The smallest absolute Gasteiger partial charge is 0.252 e. The Kier molecular flexibility index (Phi) is 2.56. The van der Waals surface area contributed by atoms with Crippen LogP contribution in [0.5, 0.6) is 0 Å². The Balaban J connectivity index is 2.25. The molecule has 0 aliphatic carbocycles. The largest absolute Gasteiger partial charge is 0.278 e. The zero-order valence-electron chi connectivity index (χ0n) is 8.15. The number of aromatic nitrogens is 3. The summed E-state index contributed by atoms with van der Waals surface area (Å²) in [6.45, 7) is -0.0244.